The number of halogens is 1. The van der Waals surface area contributed by atoms with Crippen molar-refractivity contribution in [2.45, 2.75) is 13.8 Å². The summed E-state index contributed by atoms with van der Waals surface area (Å²) in [6.45, 7) is 4.13. The minimum absolute atomic E-state index is 0.0200. The highest BCUT2D eigenvalue weighted by Gasteiger charge is 2.03. The Morgan fingerprint density at radius 3 is 1.94 bits per heavy atom. The second-order valence-corrected chi connectivity index (χ2v) is 3.29. The molecule has 0 heterocycles. The van der Waals surface area contributed by atoms with Crippen molar-refractivity contribution < 1.29 is 23.9 Å². The summed E-state index contributed by atoms with van der Waals surface area (Å²) < 4.78 is 8.99. The van der Waals surface area contributed by atoms with E-state index in [2.05, 4.69) is 30.7 Å². The number of nitrogens with two attached hydrogens (primary N) is 1. The highest BCUT2D eigenvalue weighted by atomic mass is 79.9. The number of amides is 1. The molecule has 1 amide bonds. The normalized spacial score (nSPS) is 8.67. The predicted octanol–water partition coefficient (Wildman–Crippen LogP) is -0.431. The summed E-state index contributed by atoms with van der Waals surface area (Å²) in [7, 11) is 0. The van der Waals surface area contributed by atoms with Crippen LogP contribution in [0.15, 0.2) is 0 Å². The predicted molar refractivity (Wildman–Crippen MR) is 69.1 cm³/mol. The minimum atomic E-state index is -0.415. The second kappa shape index (κ2) is 13.9. The van der Waals surface area contributed by atoms with E-state index in [1.54, 1.807) is 13.8 Å². The fraction of sp³-hybridized carbons (Fsp3) is 0.700. The fourth-order valence-electron chi connectivity index (χ4n) is 0.650. The molecule has 0 aliphatic rings. The van der Waals surface area contributed by atoms with E-state index in [0.717, 1.165) is 0 Å². The van der Waals surface area contributed by atoms with E-state index >= 15 is 0 Å². The number of hydrogen-bond donors (Lipinski definition) is 2. The summed E-state index contributed by atoms with van der Waals surface area (Å²) in [6.07, 6.45) is 0. The Bertz CT molecular complexity index is 261. The third kappa shape index (κ3) is 14.9. The van der Waals surface area contributed by atoms with Gasteiger partial charge in [0, 0.05) is 0 Å². The lowest BCUT2D eigenvalue weighted by molar-refractivity contribution is -0.143. The van der Waals surface area contributed by atoms with Gasteiger partial charge >= 0.3 is 11.9 Å². The fourth-order valence-corrected chi connectivity index (χ4v) is 0.848. The maximum absolute atomic E-state index is 10.6. The third-order valence-corrected chi connectivity index (χ3v) is 1.84. The summed E-state index contributed by atoms with van der Waals surface area (Å²) in [5, 5.41) is 2.56. The first-order valence-electron chi connectivity index (χ1n) is 5.35. The van der Waals surface area contributed by atoms with Gasteiger partial charge in [-0.25, -0.2) is 0 Å². The monoisotopic (exact) mass is 326 g/mol. The first-order chi connectivity index (χ1) is 8.51. The van der Waals surface area contributed by atoms with Gasteiger partial charge in [0.25, 0.3) is 0 Å². The standard InChI is InChI=1S/C6H10BrNO3.C4H9NO2/c1-2-11-6(10)4-8-5(9)3-7;1-2-7-4(6)3-5/h2-4H2,1H3,(H,8,9);2-3,5H2,1H3. The Morgan fingerprint density at radius 2 is 1.61 bits per heavy atom. The number of ether oxygens (including phenoxy) is 2. The van der Waals surface area contributed by atoms with Crippen molar-refractivity contribution in [3.05, 3.63) is 0 Å². The van der Waals surface area contributed by atoms with Crippen LogP contribution >= 0.6 is 15.9 Å². The molecule has 0 aliphatic carbocycles. The molecular formula is C10H19BrN2O5. The number of carbonyl (C=O) groups excluding carboxylic acids is 3. The molecule has 0 aromatic heterocycles. The van der Waals surface area contributed by atoms with Gasteiger partial charge in [-0.1, -0.05) is 15.9 Å². The molecule has 0 aliphatic heterocycles. The van der Waals surface area contributed by atoms with E-state index < -0.39 is 5.97 Å². The molecule has 0 aromatic rings. The average Bonchev–Trinajstić information content (AvgIpc) is 2.37. The van der Waals surface area contributed by atoms with Crippen LogP contribution in [0.3, 0.4) is 0 Å². The van der Waals surface area contributed by atoms with E-state index in [1.165, 1.54) is 0 Å². The molecule has 18 heavy (non-hydrogen) atoms. The molecule has 0 fully saturated rings. The van der Waals surface area contributed by atoms with Crippen molar-refractivity contribution in [2.24, 2.45) is 5.73 Å². The van der Waals surface area contributed by atoms with Gasteiger partial charge in [0.1, 0.15) is 6.54 Å². The van der Waals surface area contributed by atoms with Crippen LogP contribution in [0.4, 0.5) is 0 Å². The number of hydrogen-bond acceptors (Lipinski definition) is 6. The van der Waals surface area contributed by atoms with Crippen molar-refractivity contribution in [1.29, 1.82) is 0 Å². The molecule has 0 rings (SSSR count). The van der Waals surface area contributed by atoms with Crippen LogP contribution in [0, 0.1) is 0 Å². The number of carbonyl (C=O) groups is 3. The van der Waals surface area contributed by atoms with Gasteiger partial charge in [-0.15, -0.1) is 0 Å². The first-order valence-corrected chi connectivity index (χ1v) is 6.47. The van der Waals surface area contributed by atoms with E-state index in [0.29, 0.717) is 13.2 Å². The van der Waals surface area contributed by atoms with Crippen LogP contribution in [-0.2, 0) is 23.9 Å². The van der Waals surface area contributed by atoms with Gasteiger partial charge in [0.15, 0.2) is 0 Å². The topological polar surface area (TPSA) is 108 Å². The summed E-state index contributed by atoms with van der Waals surface area (Å²) in [5.41, 5.74) is 4.88. The maximum atomic E-state index is 10.6. The molecule has 0 bridgehead atoms. The SMILES string of the molecule is CCOC(=O)CN.CCOC(=O)CNC(=O)CBr. The molecule has 0 atom stereocenters. The molecule has 8 heteroatoms. The van der Waals surface area contributed by atoms with Crippen LogP contribution in [0.2, 0.25) is 0 Å². The van der Waals surface area contributed by atoms with Crippen LogP contribution in [0.25, 0.3) is 0 Å². The van der Waals surface area contributed by atoms with Crippen LogP contribution in [-0.4, -0.2) is 49.5 Å². The van der Waals surface area contributed by atoms with Crippen molar-refractivity contribution in [3.8, 4) is 0 Å². The largest absolute Gasteiger partial charge is 0.465 e. The van der Waals surface area contributed by atoms with Crippen molar-refractivity contribution in [1.82, 2.24) is 5.32 Å². The van der Waals surface area contributed by atoms with Gasteiger partial charge in [0.05, 0.1) is 25.1 Å². The Balaban J connectivity index is 0. The molecule has 0 unspecified atom stereocenters. The van der Waals surface area contributed by atoms with E-state index in [1.807, 2.05) is 0 Å². The Kier molecular flexibility index (Phi) is 14.8. The molecule has 0 radical (unpaired) electrons. The summed E-state index contributed by atoms with van der Waals surface area (Å²) >= 11 is 2.94. The second-order valence-electron chi connectivity index (χ2n) is 2.72. The van der Waals surface area contributed by atoms with Crippen LogP contribution in [0.5, 0.6) is 0 Å². The van der Waals surface area contributed by atoms with Crippen molar-refractivity contribution >= 4 is 33.8 Å². The van der Waals surface area contributed by atoms with E-state index in [9.17, 15) is 14.4 Å². The number of alkyl halides is 1. The quantitative estimate of drug-likeness (QED) is 0.506. The molecule has 0 spiro atoms. The lowest BCUT2D eigenvalue weighted by Gasteiger charge is -2.01. The highest BCUT2D eigenvalue weighted by Crippen LogP contribution is 1.79. The maximum Gasteiger partial charge on any atom is 0.325 e. The Morgan fingerprint density at radius 1 is 1.11 bits per heavy atom. The van der Waals surface area contributed by atoms with E-state index in [4.69, 9.17) is 5.73 Å². The Labute approximate surface area is 114 Å². The zero-order valence-corrected chi connectivity index (χ0v) is 12.1. The number of esters is 2. The van der Waals surface area contributed by atoms with Gasteiger partial charge < -0.3 is 20.5 Å². The lowest BCUT2D eigenvalue weighted by atomic mass is 10.6. The molecule has 0 aromatic carbocycles. The number of rotatable bonds is 6. The smallest absolute Gasteiger partial charge is 0.325 e. The summed E-state index contributed by atoms with van der Waals surface area (Å²) in [6, 6.07) is 0. The van der Waals surface area contributed by atoms with Gasteiger partial charge in [-0.3, -0.25) is 14.4 Å². The molecule has 7 nitrogen and oxygen atoms in total. The lowest BCUT2D eigenvalue weighted by Crippen LogP contribution is -2.31. The minimum Gasteiger partial charge on any atom is -0.465 e. The molecule has 106 valence electrons. The average molecular weight is 327 g/mol. The van der Waals surface area contributed by atoms with Gasteiger partial charge in [-0.05, 0) is 13.8 Å². The molecule has 3 N–H and O–H groups in total. The van der Waals surface area contributed by atoms with E-state index in [-0.39, 0.29) is 30.3 Å². The van der Waals surface area contributed by atoms with Gasteiger partial charge in [-0.2, -0.15) is 0 Å². The molecule has 0 saturated carbocycles. The Hall–Kier alpha value is -1.15. The molecular weight excluding hydrogens is 308 g/mol. The van der Waals surface area contributed by atoms with Gasteiger partial charge in [0.2, 0.25) is 5.91 Å². The third-order valence-electron chi connectivity index (χ3n) is 1.33. The molecule has 0 saturated heterocycles. The van der Waals surface area contributed by atoms with Crippen LogP contribution in [0.1, 0.15) is 13.8 Å². The highest BCUT2D eigenvalue weighted by molar-refractivity contribution is 9.09. The van der Waals surface area contributed by atoms with Crippen molar-refractivity contribution in [2.75, 3.05) is 31.6 Å². The van der Waals surface area contributed by atoms with Crippen LogP contribution < -0.4 is 11.1 Å². The number of nitrogens with one attached hydrogen (secondary N) is 1. The van der Waals surface area contributed by atoms with Crippen molar-refractivity contribution in [3.63, 3.8) is 0 Å². The summed E-state index contributed by atoms with van der Waals surface area (Å²) in [4.78, 5) is 31.2. The zero-order chi connectivity index (χ0) is 14.4. The summed E-state index contributed by atoms with van der Waals surface area (Å²) in [5.74, 6) is -0.984. The first kappa shape index (κ1) is 19.2. The zero-order valence-electron chi connectivity index (χ0n) is 10.5.